The van der Waals surface area contributed by atoms with Crippen LogP contribution in [0.2, 0.25) is 0 Å². The van der Waals surface area contributed by atoms with Crippen LogP contribution >= 0.6 is 0 Å². The molecule has 0 aliphatic carbocycles. The van der Waals surface area contributed by atoms with Crippen LogP contribution in [0.5, 0.6) is 5.75 Å². The average molecular weight is 212 g/mol. The van der Waals surface area contributed by atoms with Crippen molar-refractivity contribution in [1.82, 2.24) is 0 Å². The van der Waals surface area contributed by atoms with E-state index in [1.807, 2.05) is 0 Å². The molecule has 0 bridgehead atoms. The minimum absolute atomic E-state index is 0.0501. The first-order chi connectivity index (χ1) is 7.22. The van der Waals surface area contributed by atoms with Crippen LogP contribution in [0.3, 0.4) is 0 Å². The highest BCUT2D eigenvalue weighted by Gasteiger charge is 1.99. The quantitative estimate of drug-likeness (QED) is 0.785. The number of halogens is 1. The lowest BCUT2D eigenvalue weighted by Gasteiger charge is -2.04. The number of aryl methyl sites for hydroxylation is 1. The van der Waals surface area contributed by atoms with Crippen LogP contribution in [0.4, 0.5) is 4.39 Å². The molecule has 0 saturated carbocycles. The second-order valence-electron chi connectivity index (χ2n) is 3.08. The second-order valence-corrected chi connectivity index (χ2v) is 3.08. The summed E-state index contributed by atoms with van der Waals surface area (Å²) < 4.78 is 16.8. The van der Waals surface area contributed by atoms with Gasteiger partial charge in [0.05, 0.1) is 0 Å². The third kappa shape index (κ3) is 4.44. The molecule has 0 aromatic heterocycles. The monoisotopic (exact) mass is 212 g/mol. The van der Waals surface area contributed by atoms with Crippen molar-refractivity contribution < 1.29 is 19.0 Å². The number of carboxylic acid groups (broad SMARTS) is 1. The fourth-order valence-corrected chi connectivity index (χ4v) is 1.16. The molecule has 4 heteroatoms. The molecule has 0 spiro atoms. The largest absolute Gasteiger partial charge is 0.491 e. The number of aliphatic carboxylic acids is 1. The summed E-state index contributed by atoms with van der Waals surface area (Å²) in [5.74, 6) is -0.209. The van der Waals surface area contributed by atoms with Gasteiger partial charge in [0.25, 0.3) is 0 Å². The smallest absolute Gasteiger partial charge is 0.303 e. The Kier molecular flexibility index (Phi) is 4.60. The van der Waals surface area contributed by atoms with E-state index in [2.05, 4.69) is 0 Å². The van der Waals surface area contributed by atoms with Gasteiger partial charge in [-0.3, -0.25) is 4.79 Å². The van der Waals surface area contributed by atoms with Crippen molar-refractivity contribution in [3.05, 3.63) is 29.8 Å². The minimum atomic E-state index is -0.812. The maximum atomic E-state index is 11.8. The highest BCUT2D eigenvalue weighted by molar-refractivity contribution is 5.67. The van der Waals surface area contributed by atoms with Crippen molar-refractivity contribution in [3.63, 3.8) is 0 Å². The molecule has 0 radical (unpaired) electrons. The van der Waals surface area contributed by atoms with E-state index >= 15 is 0 Å². The lowest BCUT2D eigenvalue weighted by Crippen LogP contribution is -1.99. The Morgan fingerprint density at radius 1 is 1.33 bits per heavy atom. The molecule has 0 atom stereocenters. The Morgan fingerprint density at radius 2 is 2.00 bits per heavy atom. The summed E-state index contributed by atoms with van der Waals surface area (Å²) in [7, 11) is 0. The molecule has 0 aliphatic heterocycles. The molecule has 15 heavy (non-hydrogen) atoms. The maximum absolute atomic E-state index is 11.8. The van der Waals surface area contributed by atoms with Crippen LogP contribution in [0.15, 0.2) is 24.3 Å². The molecule has 0 heterocycles. The van der Waals surface area contributed by atoms with E-state index in [4.69, 9.17) is 9.84 Å². The van der Waals surface area contributed by atoms with Crippen molar-refractivity contribution in [2.24, 2.45) is 0 Å². The van der Waals surface area contributed by atoms with Gasteiger partial charge in [-0.25, -0.2) is 4.39 Å². The Bertz CT molecular complexity index is 308. The number of carboxylic acids is 1. The Labute approximate surface area is 87.5 Å². The number of hydrogen-bond acceptors (Lipinski definition) is 2. The van der Waals surface area contributed by atoms with Crippen LogP contribution in [-0.4, -0.2) is 24.4 Å². The molecule has 1 rings (SSSR count). The molecular formula is C11H13FO3. The summed E-state index contributed by atoms with van der Waals surface area (Å²) in [6, 6.07) is 7.01. The van der Waals surface area contributed by atoms with Crippen molar-refractivity contribution in [1.29, 1.82) is 0 Å². The van der Waals surface area contributed by atoms with Gasteiger partial charge in [-0.2, -0.15) is 0 Å². The summed E-state index contributed by atoms with van der Waals surface area (Å²) in [6.45, 7) is -0.463. The first-order valence-corrected chi connectivity index (χ1v) is 4.72. The number of alkyl halides is 1. The molecule has 1 aromatic carbocycles. The third-order valence-electron chi connectivity index (χ3n) is 1.90. The zero-order valence-corrected chi connectivity index (χ0v) is 8.28. The number of rotatable bonds is 6. The highest BCUT2D eigenvalue weighted by atomic mass is 19.1. The second kappa shape index (κ2) is 6.01. The topological polar surface area (TPSA) is 46.5 Å². The average Bonchev–Trinajstić information content (AvgIpc) is 2.25. The fraction of sp³-hybridized carbons (Fsp3) is 0.364. The Morgan fingerprint density at radius 3 is 2.53 bits per heavy atom. The van der Waals surface area contributed by atoms with Gasteiger partial charge in [-0.1, -0.05) is 12.1 Å². The Balaban J connectivity index is 2.45. The van der Waals surface area contributed by atoms with Crippen LogP contribution in [0, 0.1) is 0 Å². The number of benzene rings is 1. The van der Waals surface area contributed by atoms with Crippen LogP contribution in [0.1, 0.15) is 12.0 Å². The van der Waals surface area contributed by atoms with Gasteiger partial charge in [0.1, 0.15) is 19.0 Å². The zero-order chi connectivity index (χ0) is 11.1. The lowest BCUT2D eigenvalue weighted by atomic mass is 10.1. The molecule has 1 aromatic rings. The molecule has 82 valence electrons. The van der Waals surface area contributed by atoms with Crippen LogP contribution in [-0.2, 0) is 11.2 Å². The predicted molar refractivity (Wildman–Crippen MR) is 53.9 cm³/mol. The van der Waals surface area contributed by atoms with Gasteiger partial charge in [0.2, 0.25) is 0 Å². The zero-order valence-electron chi connectivity index (χ0n) is 8.28. The summed E-state index contributed by atoms with van der Waals surface area (Å²) in [6.07, 6.45) is 0.614. The molecule has 0 amide bonds. The van der Waals surface area contributed by atoms with Gasteiger partial charge < -0.3 is 9.84 Å². The number of hydrogen-bond donors (Lipinski definition) is 1. The third-order valence-corrected chi connectivity index (χ3v) is 1.90. The lowest BCUT2D eigenvalue weighted by molar-refractivity contribution is -0.136. The normalized spacial score (nSPS) is 9.93. The SMILES string of the molecule is O=C(O)CCc1ccc(OCCF)cc1. The summed E-state index contributed by atoms with van der Waals surface area (Å²) in [5.41, 5.74) is 0.935. The molecule has 0 saturated heterocycles. The molecule has 1 N–H and O–H groups in total. The van der Waals surface area contributed by atoms with E-state index in [9.17, 15) is 9.18 Å². The molecule has 0 fully saturated rings. The van der Waals surface area contributed by atoms with Crippen molar-refractivity contribution >= 4 is 5.97 Å². The van der Waals surface area contributed by atoms with E-state index < -0.39 is 12.6 Å². The van der Waals surface area contributed by atoms with Gasteiger partial charge in [0, 0.05) is 6.42 Å². The van der Waals surface area contributed by atoms with Crippen LogP contribution < -0.4 is 4.74 Å². The first-order valence-electron chi connectivity index (χ1n) is 4.72. The van der Waals surface area contributed by atoms with E-state index in [0.29, 0.717) is 12.2 Å². The molecule has 0 aliphatic rings. The predicted octanol–water partition coefficient (Wildman–Crippen LogP) is 2.05. The van der Waals surface area contributed by atoms with Gasteiger partial charge >= 0.3 is 5.97 Å². The minimum Gasteiger partial charge on any atom is -0.491 e. The molecule has 3 nitrogen and oxygen atoms in total. The number of carbonyl (C=O) groups is 1. The van der Waals surface area contributed by atoms with E-state index in [1.165, 1.54) is 0 Å². The molecular weight excluding hydrogens is 199 g/mol. The summed E-state index contributed by atoms with van der Waals surface area (Å²) >= 11 is 0. The Hall–Kier alpha value is -1.58. The van der Waals surface area contributed by atoms with Gasteiger partial charge in [-0.05, 0) is 24.1 Å². The van der Waals surface area contributed by atoms with Crippen molar-refractivity contribution in [2.45, 2.75) is 12.8 Å². The molecule has 0 unspecified atom stereocenters. The van der Waals surface area contributed by atoms with E-state index in [0.717, 1.165) is 5.56 Å². The standard InChI is InChI=1S/C11H13FO3/c12-7-8-15-10-4-1-9(2-5-10)3-6-11(13)14/h1-2,4-5H,3,6-8H2,(H,13,14). The summed E-state index contributed by atoms with van der Waals surface area (Å²) in [5, 5.41) is 8.48. The van der Waals surface area contributed by atoms with Crippen LogP contribution in [0.25, 0.3) is 0 Å². The van der Waals surface area contributed by atoms with Crippen molar-refractivity contribution in [2.75, 3.05) is 13.3 Å². The van der Waals surface area contributed by atoms with E-state index in [1.54, 1.807) is 24.3 Å². The first kappa shape index (κ1) is 11.5. The van der Waals surface area contributed by atoms with E-state index in [-0.39, 0.29) is 13.0 Å². The summed E-state index contributed by atoms with van der Waals surface area (Å²) in [4.78, 5) is 10.3. The maximum Gasteiger partial charge on any atom is 0.303 e. The highest BCUT2D eigenvalue weighted by Crippen LogP contribution is 2.13. The van der Waals surface area contributed by atoms with Gasteiger partial charge in [-0.15, -0.1) is 0 Å². The fourth-order valence-electron chi connectivity index (χ4n) is 1.16. The van der Waals surface area contributed by atoms with Crippen molar-refractivity contribution in [3.8, 4) is 5.75 Å². The van der Waals surface area contributed by atoms with Gasteiger partial charge in [0.15, 0.2) is 0 Å². The number of ether oxygens (including phenoxy) is 1.